The molecule has 0 unspecified atom stereocenters. The maximum atomic E-state index is 10.9. The van der Waals surface area contributed by atoms with Crippen LogP contribution in [0.1, 0.15) is 26.2 Å². The number of alkyl carbamates (subject to hydrolysis) is 1. The fraction of sp³-hybridized carbons (Fsp3) is 0.875. The van der Waals surface area contributed by atoms with Crippen molar-refractivity contribution in [2.24, 2.45) is 0 Å². The lowest BCUT2D eigenvalue weighted by Crippen LogP contribution is -2.26. The Morgan fingerprint density at radius 3 is 2.60 bits per heavy atom. The lowest BCUT2D eigenvalue weighted by molar-refractivity contribution is 0.144. The summed E-state index contributed by atoms with van der Waals surface area (Å²) in [5, 5.41) is 2.41. The third-order valence-corrected chi connectivity index (χ3v) is 2.53. The number of hydrogen-bond donors (Lipinski definition) is 3. The van der Waals surface area contributed by atoms with Crippen LogP contribution < -0.4 is 5.32 Å². The minimum atomic E-state index is -3.94. The third-order valence-electron chi connectivity index (χ3n) is 1.63. The molecule has 0 aliphatic carbocycles. The zero-order valence-electron chi connectivity index (χ0n) is 8.81. The zero-order valence-corrected chi connectivity index (χ0v) is 9.70. The van der Waals surface area contributed by atoms with Gasteiger partial charge in [0.2, 0.25) is 0 Å². The molecule has 3 N–H and O–H groups in total. The number of hydrogen-bond acceptors (Lipinski definition) is 3. The molecular formula is C8H18NO5P. The molecule has 0 saturated heterocycles. The zero-order chi connectivity index (χ0) is 11.7. The van der Waals surface area contributed by atoms with Gasteiger partial charge in [-0.15, -0.1) is 0 Å². The van der Waals surface area contributed by atoms with Crippen molar-refractivity contribution in [2.45, 2.75) is 26.2 Å². The normalized spacial score (nSPS) is 11.1. The maximum Gasteiger partial charge on any atom is 0.407 e. The SMILES string of the molecule is CCCCOC(=O)NCCCP(=O)(O)O. The Morgan fingerprint density at radius 2 is 2.07 bits per heavy atom. The van der Waals surface area contributed by atoms with Crippen LogP contribution in [-0.2, 0) is 9.30 Å². The molecule has 90 valence electrons. The molecule has 0 atom stereocenters. The molecule has 1 amide bonds. The molecule has 15 heavy (non-hydrogen) atoms. The summed E-state index contributed by atoms with van der Waals surface area (Å²) in [6, 6.07) is 0. The van der Waals surface area contributed by atoms with Crippen LogP contribution in [0.3, 0.4) is 0 Å². The Morgan fingerprint density at radius 1 is 1.40 bits per heavy atom. The van der Waals surface area contributed by atoms with Gasteiger partial charge in [-0.25, -0.2) is 4.79 Å². The van der Waals surface area contributed by atoms with Gasteiger partial charge in [-0.05, 0) is 12.8 Å². The van der Waals surface area contributed by atoms with E-state index in [1.807, 2.05) is 6.92 Å². The summed E-state index contributed by atoms with van der Waals surface area (Å²) >= 11 is 0. The lowest BCUT2D eigenvalue weighted by atomic mass is 10.4. The van der Waals surface area contributed by atoms with Crippen LogP contribution in [0.25, 0.3) is 0 Å². The highest BCUT2D eigenvalue weighted by molar-refractivity contribution is 7.51. The predicted octanol–water partition coefficient (Wildman–Crippen LogP) is 1.08. The van der Waals surface area contributed by atoms with Crippen LogP contribution in [0, 0.1) is 0 Å². The Kier molecular flexibility index (Phi) is 7.38. The van der Waals surface area contributed by atoms with Crippen molar-refractivity contribution in [3.05, 3.63) is 0 Å². The van der Waals surface area contributed by atoms with Crippen LogP contribution >= 0.6 is 7.60 Å². The van der Waals surface area contributed by atoms with Gasteiger partial charge in [0.05, 0.1) is 12.8 Å². The van der Waals surface area contributed by atoms with Crippen LogP contribution in [0.4, 0.5) is 4.79 Å². The molecule has 0 heterocycles. The van der Waals surface area contributed by atoms with Crippen molar-refractivity contribution in [1.29, 1.82) is 0 Å². The van der Waals surface area contributed by atoms with Gasteiger partial charge in [0.1, 0.15) is 0 Å². The molecule has 0 saturated carbocycles. The molecule has 0 aromatic rings. The quantitative estimate of drug-likeness (QED) is 0.456. The van der Waals surface area contributed by atoms with E-state index in [1.165, 1.54) is 0 Å². The van der Waals surface area contributed by atoms with Gasteiger partial charge in [-0.3, -0.25) is 4.57 Å². The first-order valence-electron chi connectivity index (χ1n) is 4.91. The smallest absolute Gasteiger partial charge is 0.407 e. The first-order valence-corrected chi connectivity index (χ1v) is 6.70. The maximum absolute atomic E-state index is 10.9. The molecule has 6 nitrogen and oxygen atoms in total. The lowest BCUT2D eigenvalue weighted by Gasteiger charge is -2.06. The van der Waals surface area contributed by atoms with Crippen LogP contribution in [0.5, 0.6) is 0 Å². The van der Waals surface area contributed by atoms with E-state index in [0.29, 0.717) is 6.61 Å². The largest absolute Gasteiger partial charge is 0.450 e. The van der Waals surface area contributed by atoms with E-state index in [-0.39, 0.29) is 19.1 Å². The minimum Gasteiger partial charge on any atom is -0.450 e. The van der Waals surface area contributed by atoms with Crippen molar-refractivity contribution < 1.29 is 23.9 Å². The monoisotopic (exact) mass is 239 g/mol. The highest BCUT2D eigenvalue weighted by Crippen LogP contribution is 2.34. The molecule has 0 rings (SSSR count). The van der Waals surface area contributed by atoms with Crippen LogP contribution in [-0.4, -0.2) is 35.2 Å². The molecule has 0 radical (unpaired) electrons. The molecule has 0 fully saturated rings. The van der Waals surface area contributed by atoms with Gasteiger partial charge < -0.3 is 19.8 Å². The molecule has 0 aromatic carbocycles. The first-order chi connectivity index (χ1) is 6.95. The van der Waals surface area contributed by atoms with Gasteiger partial charge in [0.25, 0.3) is 0 Å². The summed E-state index contributed by atoms with van der Waals surface area (Å²) < 4.78 is 15.2. The Bertz CT molecular complexity index is 227. The number of carbonyl (C=O) groups excluding carboxylic acids is 1. The van der Waals surface area contributed by atoms with Crippen molar-refractivity contribution >= 4 is 13.7 Å². The van der Waals surface area contributed by atoms with Crippen LogP contribution in [0.15, 0.2) is 0 Å². The molecule has 7 heteroatoms. The molecule has 0 aromatic heterocycles. The molecule has 0 spiro atoms. The number of nitrogens with one attached hydrogen (secondary N) is 1. The Labute approximate surface area is 89.2 Å². The van der Waals surface area contributed by atoms with Crippen molar-refractivity contribution in [3.8, 4) is 0 Å². The van der Waals surface area contributed by atoms with Gasteiger partial charge in [0.15, 0.2) is 0 Å². The van der Waals surface area contributed by atoms with E-state index in [4.69, 9.17) is 14.5 Å². The summed E-state index contributed by atoms with van der Waals surface area (Å²) in [5.74, 6) is 0. The second-order valence-corrected chi connectivity index (χ2v) is 4.93. The van der Waals surface area contributed by atoms with E-state index in [2.05, 4.69) is 5.32 Å². The third kappa shape index (κ3) is 11.3. The second kappa shape index (κ2) is 7.68. The standard InChI is InChI=1S/C8H18NO5P/c1-2-3-6-14-8(10)9-5-4-7-15(11,12)13/h2-7H2,1H3,(H,9,10)(H2,11,12,13). The highest BCUT2D eigenvalue weighted by atomic mass is 31.2. The van der Waals surface area contributed by atoms with Crippen molar-refractivity contribution in [1.82, 2.24) is 5.32 Å². The summed E-state index contributed by atoms with van der Waals surface area (Å²) in [6.45, 7) is 2.58. The number of carbonyl (C=O) groups is 1. The van der Waals surface area contributed by atoms with Gasteiger partial charge >= 0.3 is 13.7 Å². The van der Waals surface area contributed by atoms with Gasteiger partial charge in [-0.2, -0.15) is 0 Å². The number of rotatable bonds is 7. The molecule has 0 aliphatic rings. The fourth-order valence-electron chi connectivity index (χ4n) is 0.836. The van der Waals surface area contributed by atoms with E-state index < -0.39 is 13.7 Å². The molecule has 0 aliphatic heterocycles. The predicted molar refractivity (Wildman–Crippen MR) is 55.8 cm³/mol. The fourth-order valence-corrected chi connectivity index (χ4v) is 1.41. The summed E-state index contributed by atoms with van der Waals surface area (Å²) in [4.78, 5) is 28.0. The van der Waals surface area contributed by atoms with E-state index in [0.717, 1.165) is 12.8 Å². The van der Waals surface area contributed by atoms with Crippen molar-refractivity contribution in [2.75, 3.05) is 19.3 Å². The average Bonchev–Trinajstić information content (AvgIpc) is 2.11. The number of ether oxygens (including phenoxy) is 1. The van der Waals surface area contributed by atoms with E-state index in [1.54, 1.807) is 0 Å². The first kappa shape index (κ1) is 14.4. The summed E-state index contributed by atoms with van der Waals surface area (Å²) in [6.07, 6.45) is 1.26. The second-order valence-electron chi connectivity index (χ2n) is 3.16. The summed E-state index contributed by atoms with van der Waals surface area (Å²) in [7, 11) is -3.94. The van der Waals surface area contributed by atoms with E-state index >= 15 is 0 Å². The van der Waals surface area contributed by atoms with Crippen molar-refractivity contribution in [3.63, 3.8) is 0 Å². The number of amides is 1. The van der Waals surface area contributed by atoms with Gasteiger partial charge in [-0.1, -0.05) is 13.3 Å². The Hall–Kier alpha value is -0.580. The van der Waals surface area contributed by atoms with Crippen LogP contribution in [0.2, 0.25) is 0 Å². The minimum absolute atomic E-state index is 0.218. The average molecular weight is 239 g/mol. The van der Waals surface area contributed by atoms with E-state index in [9.17, 15) is 9.36 Å². The van der Waals surface area contributed by atoms with Gasteiger partial charge in [0, 0.05) is 6.54 Å². The number of unbranched alkanes of at least 4 members (excludes halogenated alkanes) is 1. The topological polar surface area (TPSA) is 95.9 Å². The summed E-state index contributed by atoms with van der Waals surface area (Å²) in [5.41, 5.74) is 0. The highest BCUT2D eigenvalue weighted by Gasteiger charge is 2.11. The molecule has 0 bridgehead atoms. The Balaban J connectivity index is 3.35. The molecular weight excluding hydrogens is 221 g/mol.